The summed E-state index contributed by atoms with van der Waals surface area (Å²) in [6.45, 7) is 9.06. The summed E-state index contributed by atoms with van der Waals surface area (Å²) >= 11 is 1.94. The Hall–Kier alpha value is -1.34. The van der Waals surface area contributed by atoms with E-state index in [0.717, 1.165) is 44.4 Å². The van der Waals surface area contributed by atoms with E-state index < -0.39 is 11.6 Å². The van der Waals surface area contributed by atoms with Gasteiger partial charge in [-0.2, -0.15) is 11.8 Å². The molecule has 146 valence electrons. The predicted octanol–water partition coefficient (Wildman–Crippen LogP) is 3.88. The molecule has 0 saturated carbocycles. The zero-order chi connectivity index (χ0) is 19.0. The van der Waals surface area contributed by atoms with Gasteiger partial charge in [-0.3, -0.25) is 4.99 Å². The van der Waals surface area contributed by atoms with E-state index in [0.29, 0.717) is 18.1 Å². The van der Waals surface area contributed by atoms with Crippen LogP contribution in [0, 0.1) is 11.6 Å². The van der Waals surface area contributed by atoms with E-state index in [1.807, 2.05) is 25.6 Å². The summed E-state index contributed by atoms with van der Waals surface area (Å²) in [7, 11) is 0. The zero-order valence-corrected chi connectivity index (χ0v) is 16.6. The number of nitrogens with zero attached hydrogens (tertiary/aromatic N) is 1. The minimum Gasteiger partial charge on any atom is -0.381 e. The van der Waals surface area contributed by atoms with Crippen molar-refractivity contribution >= 4 is 17.7 Å². The van der Waals surface area contributed by atoms with E-state index in [-0.39, 0.29) is 10.8 Å². The smallest absolute Gasteiger partial charge is 0.191 e. The number of ether oxygens (including phenoxy) is 1. The summed E-state index contributed by atoms with van der Waals surface area (Å²) in [5.41, 5.74) is 0.679. The Kier molecular flexibility index (Phi) is 8.15. The van der Waals surface area contributed by atoms with Crippen molar-refractivity contribution < 1.29 is 13.5 Å². The van der Waals surface area contributed by atoms with Crippen LogP contribution in [-0.2, 0) is 4.74 Å². The van der Waals surface area contributed by atoms with E-state index in [2.05, 4.69) is 17.6 Å². The third-order valence-corrected chi connectivity index (χ3v) is 5.96. The fourth-order valence-corrected chi connectivity index (χ4v) is 4.23. The highest BCUT2D eigenvalue weighted by Gasteiger charge is 2.32. The Morgan fingerprint density at radius 2 is 2.00 bits per heavy atom. The van der Waals surface area contributed by atoms with Crippen molar-refractivity contribution in [2.24, 2.45) is 4.99 Å². The summed E-state index contributed by atoms with van der Waals surface area (Å²) in [5.74, 6) is 0.0653. The fraction of sp³-hybridized carbons (Fsp3) is 0.632. The number of thioether (sulfide) groups is 1. The van der Waals surface area contributed by atoms with Crippen LogP contribution in [0.3, 0.4) is 0 Å². The normalized spacial score (nSPS) is 18.4. The van der Waals surface area contributed by atoms with Gasteiger partial charge in [-0.1, -0.05) is 13.0 Å². The van der Waals surface area contributed by atoms with Gasteiger partial charge in [0.15, 0.2) is 17.6 Å². The summed E-state index contributed by atoms with van der Waals surface area (Å²) < 4.78 is 32.3. The van der Waals surface area contributed by atoms with Gasteiger partial charge in [-0.25, -0.2) is 8.78 Å². The second kappa shape index (κ2) is 10.1. The summed E-state index contributed by atoms with van der Waals surface area (Å²) in [6, 6.07) is 3.78. The van der Waals surface area contributed by atoms with Crippen molar-refractivity contribution in [3.05, 3.63) is 35.4 Å². The minimum absolute atomic E-state index is 0.112. The average molecular weight is 386 g/mol. The minimum atomic E-state index is -0.835. The molecule has 0 spiro atoms. The number of rotatable bonds is 7. The van der Waals surface area contributed by atoms with Crippen molar-refractivity contribution in [3.63, 3.8) is 0 Å². The van der Waals surface area contributed by atoms with E-state index >= 15 is 0 Å². The van der Waals surface area contributed by atoms with Crippen LogP contribution in [0.1, 0.15) is 45.2 Å². The summed E-state index contributed by atoms with van der Waals surface area (Å²) in [6.07, 6.45) is 1.99. The number of benzene rings is 1. The van der Waals surface area contributed by atoms with Crippen molar-refractivity contribution in [2.45, 2.75) is 44.4 Å². The second-order valence-electron chi connectivity index (χ2n) is 6.46. The molecule has 0 aromatic heterocycles. The van der Waals surface area contributed by atoms with Crippen LogP contribution in [0.5, 0.6) is 0 Å². The molecule has 1 atom stereocenters. The average Bonchev–Trinajstić information content (AvgIpc) is 2.63. The maximum atomic E-state index is 13.5. The molecule has 7 heteroatoms. The highest BCUT2D eigenvalue weighted by Crippen LogP contribution is 2.35. The molecule has 4 nitrogen and oxygen atoms in total. The standard InChI is InChI=1S/C19H29F2N3OS/c1-4-22-18(23-13-19(26-5-2)8-10-25-11-9-19)24-14(3)15-6-7-16(20)17(21)12-15/h6-7,12,14H,4-5,8-11,13H2,1-3H3,(H2,22,23,24). The quantitative estimate of drug-likeness (QED) is 0.552. The molecule has 0 aliphatic carbocycles. The van der Waals surface area contributed by atoms with Crippen LogP contribution in [0.25, 0.3) is 0 Å². The molecule has 1 aliphatic rings. The van der Waals surface area contributed by atoms with Gasteiger partial charge < -0.3 is 15.4 Å². The number of hydrogen-bond acceptors (Lipinski definition) is 3. The number of aliphatic imine (C=N–C) groups is 1. The van der Waals surface area contributed by atoms with Gasteiger partial charge in [0.2, 0.25) is 0 Å². The van der Waals surface area contributed by atoms with Crippen molar-refractivity contribution in [2.75, 3.05) is 32.1 Å². The highest BCUT2D eigenvalue weighted by molar-refractivity contribution is 8.00. The molecule has 26 heavy (non-hydrogen) atoms. The zero-order valence-electron chi connectivity index (χ0n) is 15.8. The molecule has 0 amide bonds. The lowest BCUT2D eigenvalue weighted by Crippen LogP contribution is -2.42. The molecule has 0 radical (unpaired) electrons. The molecule has 1 heterocycles. The van der Waals surface area contributed by atoms with Crippen molar-refractivity contribution in [1.82, 2.24) is 10.6 Å². The van der Waals surface area contributed by atoms with Gasteiger partial charge in [-0.15, -0.1) is 0 Å². The SMILES string of the molecule is CCNC(=NCC1(SCC)CCOCC1)NC(C)c1ccc(F)c(F)c1. The first-order valence-electron chi connectivity index (χ1n) is 9.21. The molecule has 1 saturated heterocycles. The fourth-order valence-electron chi connectivity index (χ4n) is 3.01. The Morgan fingerprint density at radius 3 is 2.62 bits per heavy atom. The molecule has 1 fully saturated rings. The third-order valence-electron chi connectivity index (χ3n) is 4.52. The largest absolute Gasteiger partial charge is 0.381 e. The van der Waals surface area contributed by atoms with Crippen LogP contribution >= 0.6 is 11.8 Å². The van der Waals surface area contributed by atoms with Crippen LogP contribution < -0.4 is 10.6 Å². The molecule has 2 N–H and O–H groups in total. The lowest BCUT2D eigenvalue weighted by atomic mass is 9.99. The predicted molar refractivity (Wildman–Crippen MR) is 105 cm³/mol. The maximum Gasteiger partial charge on any atom is 0.191 e. The summed E-state index contributed by atoms with van der Waals surface area (Å²) in [5, 5.41) is 6.53. The van der Waals surface area contributed by atoms with E-state index in [9.17, 15) is 8.78 Å². The van der Waals surface area contributed by atoms with Crippen LogP contribution in [-0.4, -0.2) is 42.8 Å². The van der Waals surface area contributed by atoms with Gasteiger partial charge >= 0.3 is 0 Å². The van der Waals surface area contributed by atoms with Crippen LogP contribution in [0.15, 0.2) is 23.2 Å². The Bertz CT molecular complexity index is 601. The van der Waals surface area contributed by atoms with Gasteiger partial charge in [0.25, 0.3) is 0 Å². The Balaban J connectivity index is 2.08. The van der Waals surface area contributed by atoms with Crippen LogP contribution in [0.4, 0.5) is 8.78 Å². The number of halogens is 2. The molecule has 2 rings (SSSR count). The van der Waals surface area contributed by atoms with Crippen molar-refractivity contribution in [3.8, 4) is 0 Å². The molecule has 0 bridgehead atoms. The van der Waals surface area contributed by atoms with Gasteiger partial charge in [0.1, 0.15) is 0 Å². The van der Waals surface area contributed by atoms with E-state index in [4.69, 9.17) is 9.73 Å². The van der Waals surface area contributed by atoms with E-state index in [1.165, 1.54) is 6.07 Å². The number of nitrogens with one attached hydrogen (secondary N) is 2. The molecule has 1 aromatic carbocycles. The van der Waals surface area contributed by atoms with Crippen molar-refractivity contribution in [1.29, 1.82) is 0 Å². The third kappa shape index (κ3) is 5.84. The lowest BCUT2D eigenvalue weighted by molar-refractivity contribution is 0.0793. The van der Waals surface area contributed by atoms with Gasteiger partial charge in [-0.05, 0) is 50.1 Å². The van der Waals surface area contributed by atoms with Crippen LogP contribution in [0.2, 0.25) is 0 Å². The van der Waals surface area contributed by atoms with Gasteiger partial charge in [0, 0.05) is 24.5 Å². The summed E-state index contributed by atoms with van der Waals surface area (Å²) in [4.78, 5) is 4.78. The molecular formula is C19H29F2N3OS. The Morgan fingerprint density at radius 1 is 1.27 bits per heavy atom. The number of guanidine groups is 1. The topological polar surface area (TPSA) is 45.7 Å². The monoisotopic (exact) mass is 385 g/mol. The highest BCUT2D eigenvalue weighted by atomic mass is 32.2. The first-order chi connectivity index (χ1) is 12.5. The second-order valence-corrected chi connectivity index (χ2v) is 8.20. The first kappa shape index (κ1) is 21.0. The lowest BCUT2D eigenvalue weighted by Gasteiger charge is -2.35. The number of hydrogen-bond donors (Lipinski definition) is 2. The molecule has 1 aromatic rings. The van der Waals surface area contributed by atoms with Gasteiger partial charge in [0.05, 0.1) is 12.6 Å². The first-order valence-corrected chi connectivity index (χ1v) is 10.2. The molecular weight excluding hydrogens is 356 g/mol. The molecule has 1 unspecified atom stereocenters. The molecule has 1 aliphatic heterocycles. The van der Waals surface area contributed by atoms with E-state index in [1.54, 1.807) is 6.07 Å². The Labute approximate surface area is 159 Å². The maximum absolute atomic E-state index is 13.5.